The topological polar surface area (TPSA) is 80.5 Å². The van der Waals surface area contributed by atoms with Gasteiger partial charge < -0.3 is 5.73 Å². The summed E-state index contributed by atoms with van der Waals surface area (Å²) < 4.78 is 0. The Morgan fingerprint density at radius 2 is 2.00 bits per heavy atom. The van der Waals surface area contributed by atoms with E-state index in [9.17, 15) is 0 Å². The van der Waals surface area contributed by atoms with Gasteiger partial charge in [0.1, 0.15) is 0 Å². The Morgan fingerprint density at radius 1 is 1.18 bits per heavy atom. The lowest BCUT2D eigenvalue weighted by molar-refractivity contribution is 1.10. The molecule has 0 saturated carbocycles. The molecule has 0 spiro atoms. The Morgan fingerprint density at radius 3 is 2.71 bits per heavy atom. The van der Waals surface area contributed by atoms with Gasteiger partial charge in [-0.25, -0.2) is 0 Å². The fraction of sp³-hybridized carbons (Fsp3) is 0. The van der Waals surface area contributed by atoms with E-state index in [1.165, 1.54) is 0 Å². The highest BCUT2D eigenvalue weighted by Gasteiger charge is 2.15. The number of anilines is 1. The van der Waals surface area contributed by atoms with Gasteiger partial charge in [-0.15, -0.1) is 11.3 Å². The Labute approximate surface area is 101 Å². The van der Waals surface area contributed by atoms with Crippen LogP contribution in [-0.2, 0) is 0 Å². The number of H-pyrrole nitrogens is 1. The number of rotatable bonds is 2. The number of aromatic amines is 1. The maximum Gasteiger partial charge on any atom is 0.153 e. The van der Waals surface area contributed by atoms with Crippen LogP contribution in [0.2, 0.25) is 0 Å². The van der Waals surface area contributed by atoms with Crippen molar-refractivity contribution in [3.05, 3.63) is 36.2 Å². The summed E-state index contributed by atoms with van der Waals surface area (Å²) in [6.45, 7) is 0. The van der Waals surface area contributed by atoms with Gasteiger partial charge in [-0.1, -0.05) is 0 Å². The summed E-state index contributed by atoms with van der Waals surface area (Å²) in [5.41, 5.74) is 10.5. The molecular formula is C11H9N5S. The van der Waals surface area contributed by atoms with Crippen molar-refractivity contribution < 1.29 is 0 Å². The fourth-order valence-electron chi connectivity index (χ4n) is 1.68. The number of pyridine rings is 1. The summed E-state index contributed by atoms with van der Waals surface area (Å²) in [6.07, 6.45) is 5.26. The molecule has 0 atom stereocenters. The average molecular weight is 243 g/mol. The second kappa shape index (κ2) is 3.99. The zero-order chi connectivity index (χ0) is 11.7. The summed E-state index contributed by atoms with van der Waals surface area (Å²) in [7, 11) is 0. The van der Waals surface area contributed by atoms with Crippen LogP contribution in [0, 0.1) is 0 Å². The van der Waals surface area contributed by atoms with Crippen LogP contribution in [0.5, 0.6) is 0 Å². The number of aromatic nitrogens is 4. The summed E-state index contributed by atoms with van der Waals surface area (Å²) in [5.74, 6) is 0.486. The van der Waals surface area contributed by atoms with Crippen molar-refractivity contribution in [2.24, 2.45) is 0 Å². The molecule has 6 heteroatoms. The molecule has 0 aromatic carbocycles. The molecule has 0 aliphatic heterocycles. The lowest BCUT2D eigenvalue weighted by Gasteiger charge is -2.01. The smallest absolute Gasteiger partial charge is 0.153 e. The van der Waals surface area contributed by atoms with Crippen molar-refractivity contribution in [3.63, 3.8) is 0 Å². The number of hydrogen-bond acceptors (Lipinski definition) is 5. The van der Waals surface area contributed by atoms with Gasteiger partial charge in [0.25, 0.3) is 0 Å². The summed E-state index contributed by atoms with van der Waals surface area (Å²) in [4.78, 5) is 9.07. The lowest BCUT2D eigenvalue weighted by atomic mass is 10.1. The average Bonchev–Trinajstić information content (AvgIpc) is 2.98. The van der Waals surface area contributed by atoms with E-state index in [2.05, 4.69) is 20.2 Å². The van der Waals surface area contributed by atoms with Crippen LogP contribution in [0.15, 0.2) is 36.2 Å². The van der Waals surface area contributed by atoms with Crippen LogP contribution >= 0.6 is 11.3 Å². The maximum absolute atomic E-state index is 5.90. The number of nitrogen functional groups attached to an aromatic ring is 1. The molecule has 3 aromatic rings. The van der Waals surface area contributed by atoms with Gasteiger partial charge in [-0.05, 0) is 17.7 Å². The third-order valence-corrected chi connectivity index (χ3v) is 3.23. The van der Waals surface area contributed by atoms with E-state index < -0.39 is 0 Å². The molecule has 17 heavy (non-hydrogen) atoms. The molecule has 3 N–H and O–H groups in total. The van der Waals surface area contributed by atoms with Gasteiger partial charge in [0.05, 0.1) is 21.6 Å². The fourth-order valence-corrected chi connectivity index (χ4v) is 2.31. The minimum atomic E-state index is 0.486. The van der Waals surface area contributed by atoms with Gasteiger partial charge >= 0.3 is 0 Å². The Bertz CT molecular complexity index is 615. The van der Waals surface area contributed by atoms with E-state index in [0.717, 1.165) is 21.7 Å². The highest BCUT2D eigenvalue weighted by Crippen LogP contribution is 2.35. The molecule has 3 heterocycles. The predicted molar refractivity (Wildman–Crippen MR) is 67.3 cm³/mol. The minimum Gasteiger partial charge on any atom is -0.382 e. The van der Waals surface area contributed by atoms with Crippen molar-refractivity contribution in [1.82, 2.24) is 20.2 Å². The molecule has 0 aliphatic rings. The van der Waals surface area contributed by atoms with E-state index in [-0.39, 0.29) is 0 Å². The Balaban J connectivity index is 2.20. The van der Waals surface area contributed by atoms with Gasteiger partial charge in [0, 0.05) is 18.6 Å². The van der Waals surface area contributed by atoms with Crippen molar-refractivity contribution in [1.29, 1.82) is 0 Å². The van der Waals surface area contributed by atoms with E-state index in [4.69, 9.17) is 5.73 Å². The third-order valence-electron chi connectivity index (χ3n) is 2.44. The second-order valence-electron chi connectivity index (χ2n) is 3.46. The van der Waals surface area contributed by atoms with Crippen LogP contribution in [0.25, 0.3) is 21.7 Å². The molecule has 3 rings (SSSR count). The first-order valence-electron chi connectivity index (χ1n) is 4.99. The van der Waals surface area contributed by atoms with Crippen LogP contribution < -0.4 is 5.73 Å². The summed E-state index contributed by atoms with van der Waals surface area (Å²) >= 11 is 1.54. The Hall–Kier alpha value is -2.21. The zero-order valence-corrected chi connectivity index (χ0v) is 9.61. The van der Waals surface area contributed by atoms with Gasteiger partial charge in [-0.3, -0.25) is 15.1 Å². The quantitative estimate of drug-likeness (QED) is 0.722. The highest BCUT2D eigenvalue weighted by molar-refractivity contribution is 7.13. The molecule has 0 aliphatic carbocycles. The Kier molecular flexibility index (Phi) is 2.34. The molecule has 5 nitrogen and oxygen atoms in total. The van der Waals surface area contributed by atoms with Crippen LogP contribution in [-0.4, -0.2) is 20.2 Å². The first kappa shape index (κ1) is 9.98. The maximum atomic E-state index is 5.90. The van der Waals surface area contributed by atoms with Crippen molar-refractivity contribution in [2.45, 2.75) is 0 Å². The van der Waals surface area contributed by atoms with Crippen LogP contribution in [0.4, 0.5) is 5.82 Å². The van der Waals surface area contributed by atoms with Crippen molar-refractivity contribution in [3.8, 4) is 21.7 Å². The summed E-state index contributed by atoms with van der Waals surface area (Å²) in [6, 6.07) is 3.82. The first-order valence-corrected chi connectivity index (χ1v) is 5.87. The molecule has 0 amide bonds. The second-order valence-corrected chi connectivity index (χ2v) is 4.35. The lowest BCUT2D eigenvalue weighted by Crippen LogP contribution is -1.88. The van der Waals surface area contributed by atoms with E-state index in [0.29, 0.717) is 5.82 Å². The molecule has 0 fully saturated rings. The number of nitrogens with two attached hydrogens (primary N) is 1. The predicted octanol–water partition coefficient (Wildman–Crippen LogP) is 2.18. The highest BCUT2D eigenvalue weighted by atomic mass is 32.1. The van der Waals surface area contributed by atoms with Crippen LogP contribution in [0.3, 0.4) is 0 Å². The number of nitrogens with zero attached hydrogens (tertiary/aromatic N) is 3. The molecular weight excluding hydrogens is 234 g/mol. The van der Waals surface area contributed by atoms with E-state index in [1.807, 2.05) is 12.1 Å². The van der Waals surface area contributed by atoms with Crippen molar-refractivity contribution in [2.75, 3.05) is 5.73 Å². The number of thiazole rings is 1. The van der Waals surface area contributed by atoms with Crippen molar-refractivity contribution >= 4 is 17.2 Å². The van der Waals surface area contributed by atoms with E-state index >= 15 is 0 Å². The molecule has 84 valence electrons. The molecule has 0 radical (unpaired) electrons. The summed E-state index contributed by atoms with van der Waals surface area (Å²) in [5, 5.41) is 7.01. The van der Waals surface area contributed by atoms with Crippen LogP contribution in [0.1, 0.15) is 0 Å². The largest absolute Gasteiger partial charge is 0.382 e. The number of nitrogens with one attached hydrogen (secondary N) is 1. The monoisotopic (exact) mass is 243 g/mol. The van der Waals surface area contributed by atoms with Gasteiger partial charge in [0.2, 0.25) is 0 Å². The third kappa shape index (κ3) is 1.68. The molecule has 3 aromatic heterocycles. The van der Waals surface area contributed by atoms with E-state index in [1.54, 1.807) is 35.4 Å². The standard InChI is InChI=1S/C11H9N5S/c12-11-9(7-1-3-13-4-2-7)10(15-16-11)8-5-14-6-17-8/h1-6H,(H3,12,15,16). The molecule has 0 bridgehead atoms. The molecule has 0 unspecified atom stereocenters. The van der Waals surface area contributed by atoms with Gasteiger partial charge in [-0.2, -0.15) is 5.10 Å². The first-order chi connectivity index (χ1) is 8.36. The SMILES string of the molecule is Nc1n[nH]c(-c2cncs2)c1-c1ccncc1. The molecule has 0 saturated heterocycles. The normalized spacial score (nSPS) is 10.6. The van der Waals surface area contributed by atoms with Gasteiger partial charge in [0.15, 0.2) is 5.82 Å². The minimum absolute atomic E-state index is 0.486. The zero-order valence-electron chi connectivity index (χ0n) is 8.79. The number of hydrogen-bond donors (Lipinski definition) is 2.